The van der Waals surface area contributed by atoms with Gasteiger partial charge in [0.1, 0.15) is 5.54 Å². The van der Waals surface area contributed by atoms with Crippen LogP contribution in [0.4, 0.5) is 9.93 Å². The molecule has 32 heavy (non-hydrogen) atoms. The molecule has 168 valence electrons. The van der Waals surface area contributed by atoms with Gasteiger partial charge in [0.25, 0.3) is 5.91 Å². The van der Waals surface area contributed by atoms with Crippen LogP contribution in [0.2, 0.25) is 0 Å². The van der Waals surface area contributed by atoms with E-state index in [1.54, 1.807) is 0 Å². The number of rotatable bonds is 6. The quantitative estimate of drug-likeness (QED) is 0.656. The van der Waals surface area contributed by atoms with Gasteiger partial charge in [-0.1, -0.05) is 43.2 Å². The number of fused-ring (bicyclic) bond motifs is 1. The third-order valence-corrected chi connectivity index (χ3v) is 7.57. The Morgan fingerprint density at radius 2 is 1.97 bits per heavy atom. The normalized spacial score (nSPS) is 19.9. The van der Waals surface area contributed by atoms with Gasteiger partial charge in [-0.2, -0.15) is 0 Å². The van der Waals surface area contributed by atoms with Gasteiger partial charge in [0.05, 0.1) is 5.69 Å². The van der Waals surface area contributed by atoms with Gasteiger partial charge >= 0.3 is 6.03 Å². The molecule has 4 amide bonds. The maximum Gasteiger partial charge on any atom is 0.325 e. The molecule has 0 bridgehead atoms. The van der Waals surface area contributed by atoms with Crippen molar-refractivity contribution in [3.63, 3.8) is 0 Å². The van der Waals surface area contributed by atoms with Crippen LogP contribution >= 0.6 is 11.3 Å². The molecular formula is C23H27N5O3S. The lowest BCUT2D eigenvalue weighted by Gasteiger charge is -2.25. The zero-order valence-electron chi connectivity index (χ0n) is 17.9. The SMILES string of the molecule is O=C(CCN1C(=O)NC2(CCCC2)C1=O)Nc1nc2c(s1)CN(Cc1ccccc1)CC2. The first-order chi connectivity index (χ1) is 15.5. The van der Waals surface area contributed by atoms with Gasteiger partial charge in [0.15, 0.2) is 5.13 Å². The fraction of sp³-hybridized carbons (Fsp3) is 0.478. The maximum atomic E-state index is 12.7. The van der Waals surface area contributed by atoms with Crippen LogP contribution < -0.4 is 10.6 Å². The Morgan fingerprint density at radius 3 is 2.75 bits per heavy atom. The molecule has 2 N–H and O–H groups in total. The summed E-state index contributed by atoms with van der Waals surface area (Å²) in [4.78, 5) is 46.8. The minimum Gasteiger partial charge on any atom is -0.323 e. The van der Waals surface area contributed by atoms with Crippen LogP contribution in [0.5, 0.6) is 0 Å². The largest absolute Gasteiger partial charge is 0.325 e. The van der Waals surface area contributed by atoms with Crippen LogP contribution in [0.3, 0.4) is 0 Å². The Kier molecular flexibility index (Phi) is 5.69. The smallest absolute Gasteiger partial charge is 0.323 e. The first kappa shape index (κ1) is 21.1. The fourth-order valence-electron chi connectivity index (χ4n) is 4.87. The standard InChI is InChI=1S/C23H27N5O3S/c29-19(9-13-28-20(30)23(26-22(28)31)10-4-5-11-23)25-21-24-17-8-12-27(15-18(17)32-21)14-16-6-2-1-3-7-16/h1-3,6-7H,4-5,8-15H2,(H,26,31)(H,24,25,29). The third kappa shape index (κ3) is 4.14. The Bertz CT molecular complexity index is 1030. The first-order valence-corrected chi connectivity index (χ1v) is 12.0. The van der Waals surface area contributed by atoms with E-state index in [1.807, 2.05) is 6.07 Å². The molecule has 1 spiro atoms. The van der Waals surface area contributed by atoms with Gasteiger partial charge < -0.3 is 10.6 Å². The zero-order chi connectivity index (χ0) is 22.1. The van der Waals surface area contributed by atoms with Crippen LogP contribution in [-0.4, -0.2) is 51.3 Å². The van der Waals surface area contributed by atoms with E-state index >= 15 is 0 Å². The van der Waals surface area contributed by atoms with E-state index in [0.29, 0.717) is 18.0 Å². The lowest BCUT2D eigenvalue weighted by atomic mass is 9.98. The number of nitrogens with one attached hydrogen (secondary N) is 2. The van der Waals surface area contributed by atoms with E-state index in [9.17, 15) is 14.4 Å². The van der Waals surface area contributed by atoms with Gasteiger partial charge in [-0.25, -0.2) is 9.78 Å². The minimum absolute atomic E-state index is 0.0691. The number of urea groups is 1. The highest BCUT2D eigenvalue weighted by Gasteiger charge is 2.52. The van der Waals surface area contributed by atoms with Crippen LogP contribution in [0.1, 0.15) is 48.2 Å². The molecule has 0 atom stereocenters. The van der Waals surface area contributed by atoms with Crippen molar-refractivity contribution in [1.29, 1.82) is 0 Å². The molecule has 2 fully saturated rings. The van der Waals surface area contributed by atoms with Crippen LogP contribution in [-0.2, 0) is 29.1 Å². The Morgan fingerprint density at radius 1 is 1.19 bits per heavy atom. The Balaban J connectivity index is 1.14. The monoisotopic (exact) mass is 453 g/mol. The van der Waals surface area contributed by atoms with Crippen molar-refractivity contribution in [2.75, 3.05) is 18.4 Å². The molecule has 2 aromatic rings. The number of imide groups is 1. The molecule has 3 aliphatic rings. The average molecular weight is 454 g/mol. The van der Waals surface area contributed by atoms with Crippen LogP contribution in [0, 0.1) is 0 Å². The van der Waals surface area contributed by atoms with Crippen molar-refractivity contribution in [3.05, 3.63) is 46.5 Å². The molecule has 8 nitrogen and oxygen atoms in total. The lowest BCUT2D eigenvalue weighted by molar-refractivity contribution is -0.131. The summed E-state index contributed by atoms with van der Waals surface area (Å²) in [5.74, 6) is -0.416. The number of benzene rings is 1. The summed E-state index contributed by atoms with van der Waals surface area (Å²) >= 11 is 1.51. The van der Waals surface area contributed by atoms with Gasteiger partial charge in [-0.15, -0.1) is 11.3 Å². The molecule has 1 aromatic carbocycles. The molecule has 9 heteroatoms. The molecule has 0 unspecified atom stereocenters. The van der Waals surface area contributed by atoms with Gasteiger partial charge in [0, 0.05) is 43.9 Å². The van der Waals surface area contributed by atoms with Crippen molar-refractivity contribution in [1.82, 2.24) is 20.1 Å². The third-order valence-electron chi connectivity index (χ3n) is 6.57. The maximum absolute atomic E-state index is 12.7. The number of anilines is 1. The number of carbonyl (C=O) groups excluding carboxylic acids is 3. The van der Waals surface area contributed by atoms with Gasteiger partial charge in [0.2, 0.25) is 5.91 Å². The number of carbonyl (C=O) groups is 3. The first-order valence-electron chi connectivity index (χ1n) is 11.2. The van der Waals surface area contributed by atoms with Crippen molar-refractivity contribution in [3.8, 4) is 0 Å². The molecule has 1 saturated carbocycles. The van der Waals surface area contributed by atoms with E-state index in [-0.39, 0.29) is 30.8 Å². The fourth-order valence-corrected chi connectivity index (χ4v) is 5.94. The molecule has 1 aliphatic carbocycles. The summed E-state index contributed by atoms with van der Waals surface area (Å²) < 4.78 is 0. The summed E-state index contributed by atoms with van der Waals surface area (Å²) in [7, 11) is 0. The number of thiazole rings is 1. The second kappa shape index (κ2) is 8.63. The van der Waals surface area contributed by atoms with Gasteiger partial charge in [-0.3, -0.25) is 19.4 Å². The molecule has 2 aliphatic heterocycles. The van der Waals surface area contributed by atoms with Gasteiger partial charge in [-0.05, 0) is 18.4 Å². The second-order valence-electron chi connectivity index (χ2n) is 8.81. The molecule has 3 heterocycles. The van der Waals surface area contributed by atoms with Crippen LogP contribution in [0.15, 0.2) is 30.3 Å². The van der Waals surface area contributed by atoms with Crippen molar-refractivity contribution < 1.29 is 14.4 Å². The number of aromatic nitrogens is 1. The second-order valence-corrected chi connectivity index (χ2v) is 9.89. The summed E-state index contributed by atoms with van der Waals surface area (Å²) in [5, 5.41) is 6.30. The number of nitrogens with zero attached hydrogens (tertiary/aromatic N) is 3. The summed E-state index contributed by atoms with van der Waals surface area (Å²) in [6, 6.07) is 10.0. The van der Waals surface area contributed by atoms with E-state index in [0.717, 1.165) is 44.6 Å². The van der Waals surface area contributed by atoms with E-state index in [2.05, 4.69) is 44.8 Å². The van der Waals surface area contributed by atoms with E-state index in [4.69, 9.17) is 0 Å². The predicted molar refractivity (Wildman–Crippen MR) is 121 cm³/mol. The minimum atomic E-state index is -0.729. The molecule has 5 rings (SSSR count). The van der Waals surface area contributed by atoms with E-state index in [1.165, 1.54) is 26.7 Å². The van der Waals surface area contributed by atoms with Crippen molar-refractivity contribution in [2.24, 2.45) is 0 Å². The predicted octanol–water partition coefficient (Wildman–Crippen LogP) is 2.89. The molecular weight excluding hydrogens is 426 g/mol. The highest BCUT2D eigenvalue weighted by Crippen LogP contribution is 2.35. The number of hydrogen-bond acceptors (Lipinski definition) is 6. The Hall–Kier alpha value is -2.78. The average Bonchev–Trinajstić information content (AvgIpc) is 3.46. The summed E-state index contributed by atoms with van der Waals surface area (Å²) in [6.45, 7) is 2.75. The zero-order valence-corrected chi connectivity index (χ0v) is 18.7. The van der Waals surface area contributed by atoms with Crippen molar-refractivity contribution in [2.45, 2.75) is 57.2 Å². The van der Waals surface area contributed by atoms with Crippen molar-refractivity contribution >= 4 is 34.3 Å². The van der Waals surface area contributed by atoms with E-state index < -0.39 is 5.54 Å². The number of hydrogen-bond donors (Lipinski definition) is 2. The molecule has 0 radical (unpaired) electrons. The number of amides is 4. The van der Waals surface area contributed by atoms with Crippen LogP contribution in [0.25, 0.3) is 0 Å². The summed E-state index contributed by atoms with van der Waals surface area (Å²) in [6.07, 6.45) is 4.19. The molecule has 1 aromatic heterocycles. The highest BCUT2D eigenvalue weighted by molar-refractivity contribution is 7.15. The lowest BCUT2D eigenvalue weighted by Crippen LogP contribution is -2.44. The topological polar surface area (TPSA) is 94.6 Å². The highest BCUT2D eigenvalue weighted by atomic mass is 32.1. The summed E-state index contributed by atoms with van der Waals surface area (Å²) in [5.41, 5.74) is 1.61. The Labute approximate surface area is 191 Å². The molecule has 1 saturated heterocycles.